The third kappa shape index (κ3) is 2.90. The molecule has 1 fully saturated rings. The van der Waals surface area contributed by atoms with Gasteiger partial charge in [0.05, 0.1) is 10.9 Å². The van der Waals surface area contributed by atoms with Crippen LogP contribution < -0.4 is 10.0 Å². The molecule has 1 aromatic carbocycles. The van der Waals surface area contributed by atoms with E-state index in [1.54, 1.807) is 23.0 Å². The lowest BCUT2D eigenvalue weighted by molar-refractivity contribution is 0.319. The molecule has 1 aliphatic heterocycles. The molecule has 0 bridgehead atoms. The Morgan fingerprint density at radius 2 is 2.14 bits per heavy atom. The first-order valence-electron chi connectivity index (χ1n) is 6.50. The summed E-state index contributed by atoms with van der Waals surface area (Å²) in [4.78, 5) is 0.123. The van der Waals surface area contributed by atoms with E-state index in [2.05, 4.69) is 15.1 Å². The van der Waals surface area contributed by atoms with E-state index in [0.29, 0.717) is 10.8 Å². The molecule has 112 valence electrons. The Morgan fingerprint density at radius 1 is 1.38 bits per heavy atom. The Labute approximate surface area is 128 Å². The highest BCUT2D eigenvalue weighted by atomic mass is 35.5. The molecule has 0 aliphatic carbocycles. The maximum absolute atomic E-state index is 12.3. The van der Waals surface area contributed by atoms with Crippen LogP contribution in [0.15, 0.2) is 35.4 Å². The fourth-order valence-electron chi connectivity index (χ4n) is 1.99. The van der Waals surface area contributed by atoms with Gasteiger partial charge in [-0.15, -0.1) is 0 Å². The first kappa shape index (κ1) is 14.4. The minimum Gasteiger partial charge on any atom is -0.312 e. The lowest BCUT2D eigenvalue weighted by atomic mass is 10.2. The van der Waals surface area contributed by atoms with Gasteiger partial charge in [0.2, 0.25) is 0 Å². The standard InChI is InChI=1S/C13H15ClN4O2S/c1-9-2-3-11(6-12(9)14)21(19,20)17-13-4-5-18(16-13)10-7-15-8-10/h2-6,10,15H,7-8H2,1H3,(H,16,17). The van der Waals surface area contributed by atoms with Gasteiger partial charge in [-0.05, 0) is 24.6 Å². The van der Waals surface area contributed by atoms with E-state index < -0.39 is 10.0 Å². The molecule has 3 rings (SSSR count). The van der Waals surface area contributed by atoms with E-state index in [9.17, 15) is 8.42 Å². The molecule has 1 aromatic heterocycles. The predicted molar refractivity (Wildman–Crippen MR) is 81.1 cm³/mol. The van der Waals surface area contributed by atoms with E-state index in [1.807, 2.05) is 6.92 Å². The molecule has 2 heterocycles. The Balaban J connectivity index is 1.81. The molecule has 0 spiro atoms. The number of aryl methyl sites for hydroxylation is 1. The molecule has 2 N–H and O–H groups in total. The molecule has 0 radical (unpaired) electrons. The van der Waals surface area contributed by atoms with Crippen LogP contribution in [-0.4, -0.2) is 31.3 Å². The highest BCUT2D eigenvalue weighted by Crippen LogP contribution is 2.22. The first-order valence-corrected chi connectivity index (χ1v) is 8.37. The number of nitrogens with zero attached hydrogens (tertiary/aromatic N) is 2. The lowest BCUT2D eigenvalue weighted by Gasteiger charge is -2.27. The van der Waals surface area contributed by atoms with E-state index in [0.717, 1.165) is 18.7 Å². The van der Waals surface area contributed by atoms with Gasteiger partial charge in [0, 0.05) is 30.4 Å². The quantitative estimate of drug-likeness (QED) is 0.898. The molecule has 0 unspecified atom stereocenters. The van der Waals surface area contributed by atoms with Gasteiger partial charge in [-0.1, -0.05) is 17.7 Å². The monoisotopic (exact) mass is 326 g/mol. The SMILES string of the molecule is Cc1ccc(S(=O)(=O)Nc2ccn(C3CNC3)n2)cc1Cl. The Bertz CT molecular complexity index is 768. The maximum Gasteiger partial charge on any atom is 0.263 e. The van der Waals surface area contributed by atoms with Crippen LogP contribution in [0.2, 0.25) is 5.02 Å². The van der Waals surface area contributed by atoms with Gasteiger partial charge in [0.15, 0.2) is 5.82 Å². The fraction of sp³-hybridized carbons (Fsp3) is 0.308. The Morgan fingerprint density at radius 3 is 2.76 bits per heavy atom. The minimum atomic E-state index is -3.68. The largest absolute Gasteiger partial charge is 0.312 e. The van der Waals surface area contributed by atoms with Crippen molar-refractivity contribution in [1.82, 2.24) is 15.1 Å². The first-order chi connectivity index (χ1) is 9.95. The second-order valence-electron chi connectivity index (χ2n) is 5.01. The topological polar surface area (TPSA) is 76.0 Å². The molecule has 0 amide bonds. The van der Waals surface area contributed by atoms with Crippen LogP contribution in [0, 0.1) is 6.92 Å². The summed E-state index contributed by atoms with van der Waals surface area (Å²) in [6, 6.07) is 6.57. The van der Waals surface area contributed by atoms with Crippen molar-refractivity contribution in [3.63, 3.8) is 0 Å². The molecule has 21 heavy (non-hydrogen) atoms. The van der Waals surface area contributed by atoms with E-state index in [-0.39, 0.29) is 10.9 Å². The molecule has 6 nitrogen and oxygen atoms in total. The second kappa shape index (κ2) is 5.32. The van der Waals surface area contributed by atoms with Gasteiger partial charge < -0.3 is 5.32 Å². The molecular formula is C13H15ClN4O2S. The van der Waals surface area contributed by atoms with Crippen molar-refractivity contribution in [3.8, 4) is 0 Å². The van der Waals surface area contributed by atoms with Gasteiger partial charge in [-0.3, -0.25) is 9.40 Å². The van der Waals surface area contributed by atoms with Crippen molar-refractivity contribution in [2.45, 2.75) is 17.9 Å². The number of anilines is 1. The van der Waals surface area contributed by atoms with Crippen LogP contribution in [0.4, 0.5) is 5.82 Å². The van der Waals surface area contributed by atoms with Crippen LogP contribution in [0.1, 0.15) is 11.6 Å². The number of hydrogen-bond acceptors (Lipinski definition) is 4. The number of rotatable bonds is 4. The summed E-state index contributed by atoms with van der Waals surface area (Å²) in [6.45, 7) is 3.52. The van der Waals surface area contributed by atoms with Crippen LogP contribution in [0.5, 0.6) is 0 Å². The summed E-state index contributed by atoms with van der Waals surface area (Å²) < 4.78 is 28.8. The molecule has 1 saturated heterocycles. The number of sulfonamides is 1. The number of benzene rings is 1. The molecule has 2 aromatic rings. The van der Waals surface area contributed by atoms with E-state index in [1.165, 1.54) is 12.1 Å². The summed E-state index contributed by atoms with van der Waals surface area (Å²) in [6.07, 6.45) is 1.77. The third-order valence-electron chi connectivity index (χ3n) is 3.43. The van der Waals surface area contributed by atoms with Crippen molar-refractivity contribution in [1.29, 1.82) is 0 Å². The number of halogens is 1. The molecule has 0 atom stereocenters. The van der Waals surface area contributed by atoms with Gasteiger partial charge in [0.1, 0.15) is 0 Å². The number of aromatic nitrogens is 2. The third-order valence-corrected chi connectivity index (χ3v) is 5.19. The average Bonchev–Trinajstić information content (AvgIpc) is 2.77. The van der Waals surface area contributed by atoms with Crippen molar-refractivity contribution in [2.75, 3.05) is 17.8 Å². The van der Waals surface area contributed by atoms with Crippen LogP contribution in [0.3, 0.4) is 0 Å². The Hall–Kier alpha value is -1.57. The zero-order chi connectivity index (χ0) is 15.0. The summed E-state index contributed by atoms with van der Waals surface area (Å²) in [5.41, 5.74) is 0.831. The van der Waals surface area contributed by atoms with Crippen LogP contribution in [0.25, 0.3) is 0 Å². The van der Waals surface area contributed by atoms with Crippen molar-refractivity contribution >= 4 is 27.4 Å². The second-order valence-corrected chi connectivity index (χ2v) is 7.10. The van der Waals surface area contributed by atoms with E-state index >= 15 is 0 Å². The summed E-state index contributed by atoms with van der Waals surface area (Å²) >= 11 is 5.98. The normalized spacial score (nSPS) is 15.7. The zero-order valence-corrected chi connectivity index (χ0v) is 12.9. The van der Waals surface area contributed by atoms with Crippen molar-refractivity contribution in [2.24, 2.45) is 0 Å². The van der Waals surface area contributed by atoms with Crippen LogP contribution in [-0.2, 0) is 10.0 Å². The van der Waals surface area contributed by atoms with Crippen molar-refractivity contribution in [3.05, 3.63) is 41.0 Å². The maximum atomic E-state index is 12.3. The highest BCUT2D eigenvalue weighted by molar-refractivity contribution is 7.92. The summed E-state index contributed by atoms with van der Waals surface area (Å²) in [5.74, 6) is 0.304. The minimum absolute atomic E-state index is 0.123. The Kier molecular flexibility index (Phi) is 3.64. The predicted octanol–water partition coefficient (Wildman–Crippen LogP) is 1.79. The summed E-state index contributed by atoms with van der Waals surface area (Å²) in [5, 5.41) is 7.80. The molecule has 8 heteroatoms. The van der Waals surface area contributed by atoms with Gasteiger partial charge in [-0.2, -0.15) is 5.10 Å². The lowest BCUT2D eigenvalue weighted by Crippen LogP contribution is -2.43. The summed E-state index contributed by atoms with van der Waals surface area (Å²) in [7, 11) is -3.68. The molecular weight excluding hydrogens is 312 g/mol. The van der Waals surface area contributed by atoms with Gasteiger partial charge >= 0.3 is 0 Å². The highest BCUT2D eigenvalue weighted by Gasteiger charge is 2.21. The fourth-order valence-corrected chi connectivity index (χ4v) is 3.26. The number of hydrogen-bond donors (Lipinski definition) is 2. The average molecular weight is 327 g/mol. The van der Waals surface area contributed by atoms with E-state index in [4.69, 9.17) is 11.6 Å². The zero-order valence-electron chi connectivity index (χ0n) is 11.4. The van der Waals surface area contributed by atoms with Crippen LogP contribution >= 0.6 is 11.6 Å². The van der Waals surface area contributed by atoms with Gasteiger partial charge in [0.25, 0.3) is 10.0 Å². The van der Waals surface area contributed by atoms with Crippen molar-refractivity contribution < 1.29 is 8.42 Å². The number of nitrogens with one attached hydrogen (secondary N) is 2. The molecule has 0 saturated carbocycles. The van der Waals surface area contributed by atoms with Gasteiger partial charge in [-0.25, -0.2) is 8.42 Å². The molecule has 1 aliphatic rings. The smallest absolute Gasteiger partial charge is 0.263 e.